The Kier molecular flexibility index (Phi) is 3.93. The molecule has 0 saturated heterocycles. The second-order valence-electron chi connectivity index (χ2n) is 3.89. The minimum absolute atomic E-state index is 0.128. The van der Waals surface area contributed by atoms with Crippen LogP contribution in [0.1, 0.15) is 19.5 Å². The van der Waals surface area contributed by atoms with Gasteiger partial charge in [0.05, 0.1) is 0 Å². The van der Waals surface area contributed by atoms with Gasteiger partial charge in [-0.15, -0.1) is 0 Å². The Bertz CT molecular complexity index is 352. The van der Waals surface area contributed by atoms with Gasteiger partial charge in [-0.3, -0.25) is 9.78 Å². The molecule has 1 aromatic heterocycles. The summed E-state index contributed by atoms with van der Waals surface area (Å²) >= 11 is 0. The van der Waals surface area contributed by atoms with E-state index < -0.39 is 17.5 Å². The highest BCUT2D eigenvalue weighted by Crippen LogP contribution is 2.25. The minimum Gasteiger partial charge on any atom is -0.350 e. The number of rotatable bonds is 4. The van der Waals surface area contributed by atoms with Crippen LogP contribution in [0.2, 0.25) is 0 Å². The summed E-state index contributed by atoms with van der Waals surface area (Å²) in [5.74, 6) is -4.75. The summed E-state index contributed by atoms with van der Waals surface area (Å²) in [5.41, 5.74) is -0.531. The Morgan fingerprint density at radius 2 is 2.19 bits per heavy atom. The lowest BCUT2D eigenvalue weighted by Gasteiger charge is -2.16. The third kappa shape index (κ3) is 2.98. The van der Waals surface area contributed by atoms with E-state index in [-0.39, 0.29) is 12.5 Å². The lowest BCUT2D eigenvalue weighted by atomic mass is 10.2. The van der Waals surface area contributed by atoms with Gasteiger partial charge in [0.25, 0.3) is 5.91 Å². The number of nitrogens with one attached hydrogen (secondary N) is 1. The number of pyridine rings is 1. The number of carbonyl (C=O) groups excluding carboxylic acids is 1. The van der Waals surface area contributed by atoms with Crippen LogP contribution in [0.3, 0.4) is 0 Å². The first-order valence-corrected chi connectivity index (χ1v) is 5.02. The number of amides is 1. The average Bonchev–Trinajstić information content (AvgIpc) is 2.27. The van der Waals surface area contributed by atoms with Gasteiger partial charge in [-0.2, -0.15) is 8.78 Å². The van der Waals surface area contributed by atoms with Crippen molar-refractivity contribution < 1.29 is 13.6 Å². The van der Waals surface area contributed by atoms with E-state index in [1.165, 1.54) is 18.3 Å². The van der Waals surface area contributed by atoms with Gasteiger partial charge in [0.1, 0.15) is 5.69 Å². The van der Waals surface area contributed by atoms with E-state index >= 15 is 0 Å². The molecule has 1 heterocycles. The molecule has 0 radical (unpaired) electrons. The van der Waals surface area contributed by atoms with E-state index in [9.17, 15) is 13.6 Å². The van der Waals surface area contributed by atoms with E-state index in [4.69, 9.17) is 0 Å². The second-order valence-corrected chi connectivity index (χ2v) is 3.89. The number of alkyl halides is 2. The summed E-state index contributed by atoms with van der Waals surface area (Å²) in [4.78, 5) is 14.8. The number of carbonyl (C=O) groups is 1. The number of hydrogen-bond acceptors (Lipinski definition) is 2. The third-order valence-corrected chi connectivity index (χ3v) is 1.94. The van der Waals surface area contributed by atoms with Gasteiger partial charge in [-0.25, -0.2) is 0 Å². The van der Waals surface area contributed by atoms with Crippen molar-refractivity contribution in [2.45, 2.75) is 19.8 Å². The van der Waals surface area contributed by atoms with Crippen LogP contribution < -0.4 is 5.32 Å². The lowest BCUT2D eigenvalue weighted by Crippen LogP contribution is -2.40. The molecule has 0 unspecified atom stereocenters. The van der Waals surface area contributed by atoms with Gasteiger partial charge in [-0.1, -0.05) is 19.9 Å². The third-order valence-electron chi connectivity index (χ3n) is 1.94. The fourth-order valence-corrected chi connectivity index (χ4v) is 1.07. The van der Waals surface area contributed by atoms with Crippen LogP contribution in [-0.4, -0.2) is 17.4 Å². The highest BCUT2D eigenvalue weighted by molar-refractivity contribution is 5.84. The molecule has 0 fully saturated rings. The van der Waals surface area contributed by atoms with Crippen molar-refractivity contribution in [3.8, 4) is 0 Å². The minimum atomic E-state index is -3.57. The van der Waals surface area contributed by atoms with Gasteiger partial charge in [0.2, 0.25) is 0 Å². The van der Waals surface area contributed by atoms with Crippen LogP contribution in [0.15, 0.2) is 24.4 Å². The molecule has 1 rings (SSSR count). The maximum absolute atomic E-state index is 13.5. The molecule has 88 valence electrons. The highest BCUT2D eigenvalue weighted by Gasteiger charge is 2.42. The maximum Gasteiger partial charge on any atom is 0.366 e. The Hall–Kier alpha value is -1.52. The Morgan fingerprint density at radius 1 is 1.50 bits per heavy atom. The van der Waals surface area contributed by atoms with Crippen molar-refractivity contribution in [3.05, 3.63) is 30.1 Å². The molecule has 0 aliphatic heterocycles. The van der Waals surface area contributed by atoms with Gasteiger partial charge in [-0.05, 0) is 18.1 Å². The summed E-state index contributed by atoms with van der Waals surface area (Å²) in [6.45, 7) is 3.89. The molecule has 0 spiro atoms. The van der Waals surface area contributed by atoms with E-state index in [2.05, 4.69) is 10.3 Å². The monoisotopic (exact) mass is 228 g/mol. The predicted octanol–water partition coefficient (Wildman–Crippen LogP) is 1.95. The second kappa shape index (κ2) is 5.01. The average molecular weight is 228 g/mol. The molecular weight excluding hydrogens is 214 g/mol. The standard InChI is InChI=1S/C11H14F2N2O/c1-8(2)7-15-10(16)11(12,13)9-5-3-4-6-14-9/h3-6,8H,7H2,1-2H3,(H,15,16). The molecule has 0 atom stereocenters. The van der Waals surface area contributed by atoms with E-state index in [0.29, 0.717) is 0 Å². The van der Waals surface area contributed by atoms with Crippen LogP contribution in [0.25, 0.3) is 0 Å². The van der Waals surface area contributed by atoms with Crippen molar-refractivity contribution in [1.82, 2.24) is 10.3 Å². The van der Waals surface area contributed by atoms with Crippen LogP contribution in [0, 0.1) is 5.92 Å². The van der Waals surface area contributed by atoms with Crippen molar-refractivity contribution >= 4 is 5.91 Å². The number of halogens is 2. The molecule has 1 N–H and O–H groups in total. The number of nitrogens with zero attached hydrogens (tertiary/aromatic N) is 1. The van der Waals surface area contributed by atoms with Crippen LogP contribution >= 0.6 is 0 Å². The molecule has 5 heteroatoms. The van der Waals surface area contributed by atoms with E-state index in [0.717, 1.165) is 6.07 Å². The quantitative estimate of drug-likeness (QED) is 0.855. The van der Waals surface area contributed by atoms with Gasteiger partial charge in [0.15, 0.2) is 0 Å². The summed E-state index contributed by atoms with van der Waals surface area (Å²) in [6.07, 6.45) is 1.24. The smallest absolute Gasteiger partial charge is 0.350 e. The molecule has 0 aliphatic rings. The number of hydrogen-bond donors (Lipinski definition) is 1. The zero-order valence-electron chi connectivity index (χ0n) is 9.21. The van der Waals surface area contributed by atoms with Crippen molar-refractivity contribution in [2.24, 2.45) is 5.92 Å². The van der Waals surface area contributed by atoms with E-state index in [1.54, 1.807) is 0 Å². The molecule has 0 saturated carbocycles. The first-order chi connectivity index (χ1) is 7.44. The van der Waals surface area contributed by atoms with Crippen LogP contribution in [-0.2, 0) is 10.7 Å². The zero-order chi connectivity index (χ0) is 12.2. The topological polar surface area (TPSA) is 42.0 Å². The molecular formula is C11H14F2N2O. The van der Waals surface area contributed by atoms with Gasteiger partial charge < -0.3 is 5.32 Å². The van der Waals surface area contributed by atoms with Gasteiger partial charge >= 0.3 is 5.92 Å². The van der Waals surface area contributed by atoms with Crippen molar-refractivity contribution in [1.29, 1.82) is 0 Å². The van der Waals surface area contributed by atoms with Crippen LogP contribution in [0.4, 0.5) is 8.78 Å². The Balaban J connectivity index is 2.74. The Labute approximate surface area is 92.9 Å². The highest BCUT2D eigenvalue weighted by atomic mass is 19.3. The van der Waals surface area contributed by atoms with Crippen molar-refractivity contribution in [3.63, 3.8) is 0 Å². The lowest BCUT2D eigenvalue weighted by molar-refractivity contribution is -0.147. The first kappa shape index (κ1) is 12.5. The largest absolute Gasteiger partial charge is 0.366 e. The summed E-state index contributed by atoms with van der Waals surface area (Å²) in [7, 11) is 0. The summed E-state index contributed by atoms with van der Waals surface area (Å²) in [5, 5.41) is 2.19. The molecule has 3 nitrogen and oxygen atoms in total. The SMILES string of the molecule is CC(C)CNC(=O)C(F)(F)c1ccccn1. The normalized spacial score (nSPS) is 11.6. The van der Waals surface area contributed by atoms with Gasteiger partial charge in [0, 0.05) is 12.7 Å². The number of aromatic nitrogens is 1. The molecule has 1 aromatic rings. The summed E-state index contributed by atoms with van der Waals surface area (Å²) < 4.78 is 27.1. The molecule has 0 aromatic carbocycles. The molecule has 16 heavy (non-hydrogen) atoms. The first-order valence-electron chi connectivity index (χ1n) is 5.02. The van der Waals surface area contributed by atoms with Crippen molar-refractivity contribution in [2.75, 3.05) is 6.54 Å². The fourth-order valence-electron chi connectivity index (χ4n) is 1.07. The molecule has 1 amide bonds. The Morgan fingerprint density at radius 3 is 2.69 bits per heavy atom. The predicted molar refractivity (Wildman–Crippen MR) is 56.0 cm³/mol. The zero-order valence-corrected chi connectivity index (χ0v) is 9.21. The summed E-state index contributed by atoms with van der Waals surface area (Å²) in [6, 6.07) is 4.08. The fraction of sp³-hybridized carbons (Fsp3) is 0.455. The molecule has 0 aliphatic carbocycles. The molecule has 0 bridgehead atoms. The van der Waals surface area contributed by atoms with E-state index in [1.807, 2.05) is 13.8 Å². The maximum atomic E-state index is 13.5. The van der Waals surface area contributed by atoms with Crippen LogP contribution in [0.5, 0.6) is 0 Å².